The van der Waals surface area contributed by atoms with E-state index in [9.17, 15) is 19.7 Å². The number of nitro benzene ring substituents is 1. The fraction of sp³-hybridized carbons (Fsp3) is 0.130. The second-order valence-electron chi connectivity index (χ2n) is 6.49. The van der Waals surface area contributed by atoms with Crippen LogP contribution in [0.15, 0.2) is 54.6 Å². The number of methoxy groups -OCH3 is 2. The van der Waals surface area contributed by atoms with E-state index in [1.165, 1.54) is 57.6 Å². The van der Waals surface area contributed by atoms with Gasteiger partial charge in [0, 0.05) is 34.0 Å². The number of hydrogen-bond acceptors (Lipinski definition) is 6. The van der Waals surface area contributed by atoms with Gasteiger partial charge in [-0.1, -0.05) is 18.2 Å². The highest BCUT2D eigenvalue weighted by atomic mass is 16.6. The molecule has 7 nitrogen and oxygen atoms in total. The number of rotatable bonds is 7. The molecule has 0 heterocycles. The van der Waals surface area contributed by atoms with Crippen molar-refractivity contribution in [3.63, 3.8) is 0 Å². The Bertz CT molecular complexity index is 1180. The van der Waals surface area contributed by atoms with E-state index in [0.29, 0.717) is 27.8 Å². The van der Waals surface area contributed by atoms with Crippen molar-refractivity contribution >= 4 is 34.1 Å². The number of ether oxygens (including phenoxy) is 2. The Balaban J connectivity index is 2.12. The molecule has 0 bridgehead atoms. The standard InChI is InChI=1S/C23H19NO6/c1-14(25)22-18(13-21(30-3)17-5-4-6-20(29-2)23(17)22)19(26)12-9-15-7-10-16(11-8-15)24(27)28/h4-13H,1-3H3/b12-9+. The predicted molar refractivity (Wildman–Crippen MR) is 114 cm³/mol. The lowest BCUT2D eigenvalue weighted by Crippen LogP contribution is -2.08. The van der Waals surface area contributed by atoms with E-state index in [1.54, 1.807) is 24.3 Å². The average Bonchev–Trinajstić information content (AvgIpc) is 2.75. The van der Waals surface area contributed by atoms with Gasteiger partial charge in [-0.05, 0) is 42.8 Å². The average molecular weight is 405 g/mol. The number of non-ortho nitro benzene ring substituents is 1. The molecule has 0 atom stereocenters. The van der Waals surface area contributed by atoms with Gasteiger partial charge in [0.15, 0.2) is 11.6 Å². The van der Waals surface area contributed by atoms with Gasteiger partial charge in [-0.25, -0.2) is 0 Å². The van der Waals surface area contributed by atoms with Crippen LogP contribution in [0.25, 0.3) is 16.8 Å². The molecule has 3 rings (SSSR count). The highest BCUT2D eigenvalue weighted by molar-refractivity contribution is 6.21. The van der Waals surface area contributed by atoms with Crippen LogP contribution < -0.4 is 9.47 Å². The fourth-order valence-corrected chi connectivity index (χ4v) is 3.28. The van der Waals surface area contributed by atoms with Crippen molar-refractivity contribution in [2.45, 2.75) is 6.92 Å². The number of nitrogens with zero attached hydrogens (tertiary/aromatic N) is 1. The Morgan fingerprint density at radius 1 is 1.00 bits per heavy atom. The van der Waals surface area contributed by atoms with E-state index < -0.39 is 10.7 Å². The maximum atomic E-state index is 13.0. The minimum atomic E-state index is -0.494. The molecule has 0 fully saturated rings. The Morgan fingerprint density at radius 2 is 1.67 bits per heavy atom. The normalized spacial score (nSPS) is 10.9. The van der Waals surface area contributed by atoms with Crippen LogP contribution in [0.1, 0.15) is 33.2 Å². The van der Waals surface area contributed by atoms with Gasteiger partial charge in [-0.15, -0.1) is 0 Å². The summed E-state index contributed by atoms with van der Waals surface area (Å²) in [6.45, 7) is 1.39. The third-order valence-electron chi connectivity index (χ3n) is 4.67. The molecule has 0 N–H and O–H groups in total. The van der Waals surface area contributed by atoms with Crippen molar-refractivity contribution < 1.29 is 24.0 Å². The first-order chi connectivity index (χ1) is 14.4. The molecule has 7 heteroatoms. The lowest BCUT2D eigenvalue weighted by atomic mass is 9.92. The quantitative estimate of drug-likeness (QED) is 0.241. The van der Waals surface area contributed by atoms with E-state index in [2.05, 4.69) is 0 Å². The van der Waals surface area contributed by atoms with Gasteiger partial charge in [0.25, 0.3) is 5.69 Å². The molecule has 0 aliphatic rings. The molecule has 0 aliphatic heterocycles. The predicted octanol–water partition coefficient (Wildman–Crippen LogP) is 4.86. The molecule has 0 aromatic heterocycles. The minimum Gasteiger partial charge on any atom is -0.496 e. The third-order valence-corrected chi connectivity index (χ3v) is 4.67. The van der Waals surface area contributed by atoms with Gasteiger partial charge in [0.05, 0.1) is 19.1 Å². The van der Waals surface area contributed by atoms with Gasteiger partial charge < -0.3 is 9.47 Å². The number of carbonyl (C=O) groups is 2. The van der Waals surface area contributed by atoms with Crippen LogP contribution in [-0.2, 0) is 0 Å². The largest absolute Gasteiger partial charge is 0.496 e. The van der Waals surface area contributed by atoms with Crippen molar-refractivity contribution in [3.8, 4) is 11.5 Å². The molecule has 3 aromatic rings. The molecule has 0 saturated heterocycles. The molecule has 0 unspecified atom stereocenters. The van der Waals surface area contributed by atoms with Crippen LogP contribution in [0.5, 0.6) is 11.5 Å². The Morgan fingerprint density at radius 3 is 2.23 bits per heavy atom. The molecule has 0 aliphatic carbocycles. The smallest absolute Gasteiger partial charge is 0.269 e. The summed E-state index contributed by atoms with van der Waals surface area (Å²) in [4.78, 5) is 35.7. The van der Waals surface area contributed by atoms with Crippen molar-refractivity contribution in [3.05, 3.63) is 81.4 Å². The summed E-state index contributed by atoms with van der Waals surface area (Å²) in [5.74, 6) is 0.231. The first-order valence-corrected chi connectivity index (χ1v) is 9.03. The SMILES string of the molecule is COc1cc(C(=O)/C=C/c2ccc([N+](=O)[O-])cc2)c(C(C)=O)c2c(OC)cccc12. The van der Waals surface area contributed by atoms with Crippen LogP contribution in [0, 0.1) is 10.1 Å². The second-order valence-corrected chi connectivity index (χ2v) is 6.49. The zero-order valence-corrected chi connectivity index (χ0v) is 16.7. The van der Waals surface area contributed by atoms with E-state index >= 15 is 0 Å². The molecular formula is C23H19NO6. The number of ketones is 2. The zero-order valence-electron chi connectivity index (χ0n) is 16.7. The molecule has 0 radical (unpaired) electrons. The Kier molecular flexibility index (Phi) is 5.92. The van der Waals surface area contributed by atoms with E-state index in [4.69, 9.17) is 9.47 Å². The first kappa shape index (κ1) is 20.7. The number of Topliss-reactive ketones (excluding diaryl/α,β-unsaturated/α-hetero) is 1. The molecule has 30 heavy (non-hydrogen) atoms. The summed E-state index contributed by atoms with van der Waals surface area (Å²) >= 11 is 0. The van der Waals surface area contributed by atoms with Crippen molar-refractivity contribution in [2.24, 2.45) is 0 Å². The molecule has 0 amide bonds. The van der Waals surface area contributed by atoms with Crippen LogP contribution in [0.4, 0.5) is 5.69 Å². The Hall–Kier alpha value is -4.00. The summed E-state index contributed by atoms with van der Waals surface area (Å²) < 4.78 is 10.9. The van der Waals surface area contributed by atoms with Crippen LogP contribution in [-0.4, -0.2) is 30.7 Å². The summed E-state index contributed by atoms with van der Waals surface area (Å²) in [6, 6.07) is 12.6. The summed E-state index contributed by atoms with van der Waals surface area (Å²) in [6.07, 6.45) is 2.86. The number of hydrogen-bond donors (Lipinski definition) is 0. The summed E-state index contributed by atoms with van der Waals surface area (Å²) in [7, 11) is 2.98. The molecular weight excluding hydrogens is 386 g/mol. The summed E-state index contributed by atoms with van der Waals surface area (Å²) in [5, 5.41) is 11.9. The van der Waals surface area contributed by atoms with Gasteiger partial charge in [-0.2, -0.15) is 0 Å². The van der Waals surface area contributed by atoms with Crippen molar-refractivity contribution in [1.82, 2.24) is 0 Å². The number of benzene rings is 3. The Labute approximate surface area is 172 Å². The number of fused-ring (bicyclic) bond motifs is 1. The fourth-order valence-electron chi connectivity index (χ4n) is 3.28. The highest BCUT2D eigenvalue weighted by Crippen LogP contribution is 2.38. The lowest BCUT2D eigenvalue weighted by Gasteiger charge is -2.15. The van der Waals surface area contributed by atoms with E-state index in [-0.39, 0.29) is 22.6 Å². The van der Waals surface area contributed by atoms with Gasteiger partial charge in [0.1, 0.15) is 11.5 Å². The van der Waals surface area contributed by atoms with Crippen molar-refractivity contribution in [2.75, 3.05) is 14.2 Å². The number of carbonyl (C=O) groups excluding carboxylic acids is 2. The maximum absolute atomic E-state index is 13.0. The zero-order chi connectivity index (χ0) is 21.8. The van der Waals surface area contributed by atoms with Crippen LogP contribution in [0.2, 0.25) is 0 Å². The van der Waals surface area contributed by atoms with Gasteiger partial charge >= 0.3 is 0 Å². The minimum absolute atomic E-state index is 0.0382. The van der Waals surface area contributed by atoms with Gasteiger partial charge in [0.2, 0.25) is 0 Å². The monoisotopic (exact) mass is 405 g/mol. The number of nitro groups is 1. The van der Waals surface area contributed by atoms with Crippen LogP contribution in [0.3, 0.4) is 0 Å². The van der Waals surface area contributed by atoms with Crippen molar-refractivity contribution in [1.29, 1.82) is 0 Å². The second kappa shape index (κ2) is 8.57. The van der Waals surface area contributed by atoms with Crippen LogP contribution >= 0.6 is 0 Å². The maximum Gasteiger partial charge on any atom is 0.269 e. The lowest BCUT2D eigenvalue weighted by molar-refractivity contribution is -0.384. The molecule has 152 valence electrons. The highest BCUT2D eigenvalue weighted by Gasteiger charge is 2.22. The van der Waals surface area contributed by atoms with E-state index in [0.717, 1.165) is 0 Å². The third kappa shape index (κ3) is 3.91. The summed E-state index contributed by atoms with van der Waals surface area (Å²) in [5.41, 5.74) is 1.02. The van der Waals surface area contributed by atoms with E-state index in [1.807, 2.05) is 0 Å². The first-order valence-electron chi connectivity index (χ1n) is 9.03. The topological polar surface area (TPSA) is 95.7 Å². The van der Waals surface area contributed by atoms with Gasteiger partial charge in [-0.3, -0.25) is 19.7 Å². The number of allylic oxidation sites excluding steroid dienone is 1. The molecule has 0 saturated carbocycles. The molecule has 0 spiro atoms. The molecule has 3 aromatic carbocycles.